The Kier molecular flexibility index (Phi) is 16.2. The van der Waals surface area contributed by atoms with E-state index in [4.69, 9.17) is 14.5 Å². The van der Waals surface area contributed by atoms with E-state index in [1.807, 2.05) is 22.0 Å². The molecule has 2 aliphatic heterocycles. The van der Waals surface area contributed by atoms with Gasteiger partial charge in [-0.15, -0.1) is 0 Å². The molecule has 9 nitrogen and oxygen atoms in total. The average molecular weight is 695 g/mol. The van der Waals surface area contributed by atoms with Crippen LogP contribution in [-0.2, 0) is 20.4 Å². The molecule has 0 bridgehead atoms. The zero-order valence-electron chi connectivity index (χ0n) is 28.9. The zero-order valence-corrected chi connectivity index (χ0v) is 28.9. The number of unbranched alkanes of at least 4 members (excludes halogenated alkanes) is 1. The van der Waals surface area contributed by atoms with Crippen LogP contribution in [0.25, 0.3) is 11.3 Å². The number of anilines is 3. The van der Waals surface area contributed by atoms with Gasteiger partial charge in [-0.25, -0.2) is 9.97 Å². The number of nitrogens with zero attached hydrogens (tertiary/aromatic N) is 5. The number of halogens is 3. The Morgan fingerprint density at radius 3 is 1.94 bits per heavy atom. The smallest absolute Gasteiger partial charge is 0.378 e. The van der Waals surface area contributed by atoms with E-state index in [9.17, 15) is 18.0 Å². The van der Waals surface area contributed by atoms with Crippen LogP contribution in [0.1, 0.15) is 63.9 Å². The molecule has 2 aromatic rings. The van der Waals surface area contributed by atoms with E-state index < -0.39 is 17.6 Å². The normalized spacial score (nSPS) is 16.2. The van der Waals surface area contributed by atoms with Crippen LogP contribution in [0, 0.1) is 0 Å². The van der Waals surface area contributed by atoms with Crippen LogP contribution in [0.15, 0.2) is 79.1 Å². The molecule has 1 N–H and O–H groups in total. The summed E-state index contributed by atoms with van der Waals surface area (Å²) in [5, 5.41) is 2.54. The van der Waals surface area contributed by atoms with Gasteiger partial charge in [0.15, 0.2) is 0 Å². The lowest BCUT2D eigenvalue weighted by atomic mass is 10.1. The molecule has 0 unspecified atom stereocenters. The minimum Gasteiger partial charge on any atom is -0.378 e. The first-order valence-corrected chi connectivity index (χ1v) is 17.5. The van der Waals surface area contributed by atoms with Crippen LogP contribution in [0.3, 0.4) is 0 Å². The SMILES string of the molecule is CCC=CCC=CCC=CCC=CCC=CCCCC(=O)Nc1cc(C(F)(F)F)c(-c2cc(N3CCOCC3)nc(N3CCOCC3)n2)cn1. The monoisotopic (exact) mass is 694 g/mol. The molecule has 4 heterocycles. The second-order valence-electron chi connectivity index (χ2n) is 11.9. The number of carbonyl (C=O) groups is 1. The fourth-order valence-corrected chi connectivity index (χ4v) is 5.34. The molecule has 12 heteroatoms. The fourth-order valence-electron chi connectivity index (χ4n) is 5.34. The van der Waals surface area contributed by atoms with Gasteiger partial charge in [-0.1, -0.05) is 67.7 Å². The lowest BCUT2D eigenvalue weighted by Crippen LogP contribution is -2.39. The number of hydrogen-bond acceptors (Lipinski definition) is 8. The van der Waals surface area contributed by atoms with Crippen molar-refractivity contribution >= 4 is 23.5 Å². The fraction of sp³-hybridized carbons (Fsp3) is 0.474. The van der Waals surface area contributed by atoms with Crippen LogP contribution in [0.5, 0.6) is 0 Å². The molecule has 2 aromatic heterocycles. The van der Waals surface area contributed by atoms with Crippen molar-refractivity contribution in [3.8, 4) is 11.3 Å². The Bertz CT molecular complexity index is 1460. The highest BCUT2D eigenvalue weighted by atomic mass is 19.4. The van der Waals surface area contributed by atoms with Gasteiger partial charge in [0, 0.05) is 50.4 Å². The first-order valence-electron chi connectivity index (χ1n) is 17.5. The van der Waals surface area contributed by atoms with Crippen molar-refractivity contribution in [1.29, 1.82) is 0 Å². The molecule has 4 rings (SSSR count). The molecule has 0 radical (unpaired) electrons. The molecule has 0 aliphatic carbocycles. The Balaban J connectivity index is 1.29. The molecule has 0 saturated carbocycles. The Morgan fingerprint density at radius 1 is 0.800 bits per heavy atom. The lowest BCUT2D eigenvalue weighted by Gasteiger charge is -2.31. The van der Waals surface area contributed by atoms with E-state index in [-0.39, 0.29) is 23.5 Å². The van der Waals surface area contributed by atoms with Crippen LogP contribution < -0.4 is 15.1 Å². The van der Waals surface area contributed by atoms with E-state index in [0.29, 0.717) is 77.2 Å². The number of ether oxygens (including phenoxy) is 2. The van der Waals surface area contributed by atoms with Crippen molar-refractivity contribution in [2.24, 2.45) is 0 Å². The molecule has 0 atom stereocenters. The number of morpholine rings is 2. The number of alkyl halides is 3. The van der Waals surface area contributed by atoms with E-state index in [2.05, 4.69) is 70.8 Å². The van der Waals surface area contributed by atoms with E-state index in [1.54, 1.807) is 6.07 Å². The Morgan fingerprint density at radius 2 is 1.36 bits per heavy atom. The van der Waals surface area contributed by atoms with Crippen molar-refractivity contribution < 1.29 is 27.4 Å². The van der Waals surface area contributed by atoms with E-state index in [0.717, 1.165) is 44.4 Å². The number of allylic oxidation sites excluding steroid dienone is 10. The third kappa shape index (κ3) is 13.2. The molecule has 2 saturated heterocycles. The highest BCUT2D eigenvalue weighted by Gasteiger charge is 2.35. The standard InChI is InChI=1S/C38H49F3N6O3/c1-2-3-4-5-6-7-8-9-10-11-12-13-14-15-16-17-18-19-36(48)44-34-28-32(38(39,40)41)31(30-42-34)33-29-35(46-20-24-49-25-21-46)45-37(43-33)47-22-26-50-27-23-47/h3-4,6-7,9-10,12-13,15-16,28-30H,2,5,8,11,14,17-27H2,1H3,(H,42,44,48). The molecule has 0 spiro atoms. The summed E-state index contributed by atoms with van der Waals surface area (Å²) in [7, 11) is 0. The summed E-state index contributed by atoms with van der Waals surface area (Å²) < 4.78 is 54.2. The average Bonchev–Trinajstić information content (AvgIpc) is 3.13. The Labute approximate surface area is 293 Å². The molecular formula is C38H49F3N6O3. The van der Waals surface area contributed by atoms with Crippen molar-refractivity contribution in [1.82, 2.24) is 15.0 Å². The van der Waals surface area contributed by atoms with Crippen LogP contribution >= 0.6 is 0 Å². The van der Waals surface area contributed by atoms with Gasteiger partial charge in [-0.3, -0.25) is 4.79 Å². The summed E-state index contributed by atoms with van der Waals surface area (Å²) in [6.45, 7) is 6.27. The number of nitrogens with one attached hydrogen (secondary N) is 1. The summed E-state index contributed by atoms with van der Waals surface area (Å²) in [4.78, 5) is 29.9. The van der Waals surface area contributed by atoms with Crippen molar-refractivity contribution in [3.05, 3.63) is 84.7 Å². The largest absolute Gasteiger partial charge is 0.417 e. The second-order valence-corrected chi connectivity index (χ2v) is 11.9. The number of aromatic nitrogens is 3. The molecule has 0 aromatic carbocycles. The molecule has 50 heavy (non-hydrogen) atoms. The van der Waals surface area contributed by atoms with Crippen LogP contribution in [-0.4, -0.2) is 73.5 Å². The summed E-state index contributed by atoms with van der Waals surface area (Å²) in [6.07, 6.45) is 23.7. The van der Waals surface area contributed by atoms with Crippen molar-refractivity contribution in [2.75, 3.05) is 67.7 Å². The lowest BCUT2D eigenvalue weighted by molar-refractivity contribution is -0.137. The predicted octanol–water partition coefficient (Wildman–Crippen LogP) is 8.09. The zero-order chi connectivity index (χ0) is 35.4. The first-order chi connectivity index (χ1) is 24.3. The van der Waals surface area contributed by atoms with Crippen molar-refractivity contribution in [3.63, 3.8) is 0 Å². The maximum atomic E-state index is 14.4. The van der Waals surface area contributed by atoms with Gasteiger partial charge in [-0.05, 0) is 51.0 Å². The third-order valence-electron chi connectivity index (χ3n) is 8.01. The van der Waals surface area contributed by atoms with Gasteiger partial charge in [0.1, 0.15) is 11.6 Å². The molecular weight excluding hydrogens is 645 g/mol. The molecule has 2 aliphatic rings. The number of amides is 1. The number of pyridine rings is 1. The molecule has 270 valence electrons. The van der Waals surface area contributed by atoms with Gasteiger partial charge in [0.2, 0.25) is 11.9 Å². The number of hydrogen-bond donors (Lipinski definition) is 1. The number of carbonyl (C=O) groups excluding carboxylic acids is 1. The molecule has 2 fully saturated rings. The highest BCUT2D eigenvalue weighted by molar-refractivity contribution is 5.90. The molecule has 1 amide bonds. The van der Waals surface area contributed by atoms with Gasteiger partial charge in [0.05, 0.1) is 37.7 Å². The maximum Gasteiger partial charge on any atom is 0.417 e. The minimum atomic E-state index is -4.71. The first kappa shape index (κ1) is 38.5. The number of rotatable bonds is 17. The van der Waals surface area contributed by atoms with Gasteiger partial charge >= 0.3 is 6.18 Å². The topological polar surface area (TPSA) is 92.7 Å². The summed E-state index contributed by atoms with van der Waals surface area (Å²) >= 11 is 0. The maximum absolute atomic E-state index is 14.4. The summed E-state index contributed by atoms with van der Waals surface area (Å²) in [5.74, 6) is 0.317. The summed E-state index contributed by atoms with van der Waals surface area (Å²) in [6, 6.07) is 2.44. The van der Waals surface area contributed by atoms with E-state index >= 15 is 0 Å². The van der Waals surface area contributed by atoms with E-state index in [1.165, 1.54) is 0 Å². The minimum absolute atomic E-state index is 0.109. The predicted molar refractivity (Wildman–Crippen MR) is 193 cm³/mol. The summed E-state index contributed by atoms with van der Waals surface area (Å²) in [5.41, 5.74) is -1.00. The Hall–Kier alpha value is -4.29. The second kappa shape index (κ2) is 21.0. The van der Waals surface area contributed by atoms with Gasteiger partial charge < -0.3 is 24.6 Å². The van der Waals surface area contributed by atoms with Gasteiger partial charge in [-0.2, -0.15) is 18.2 Å². The highest BCUT2D eigenvalue weighted by Crippen LogP contribution is 2.38. The van der Waals surface area contributed by atoms with Gasteiger partial charge in [0.25, 0.3) is 0 Å². The van der Waals surface area contributed by atoms with Crippen LogP contribution in [0.2, 0.25) is 0 Å². The van der Waals surface area contributed by atoms with Crippen molar-refractivity contribution in [2.45, 2.75) is 64.5 Å². The quantitative estimate of drug-likeness (QED) is 0.131. The van der Waals surface area contributed by atoms with Crippen LogP contribution in [0.4, 0.5) is 30.8 Å². The third-order valence-corrected chi connectivity index (χ3v) is 8.01.